The van der Waals surface area contributed by atoms with Crippen molar-refractivity contribution in [1.82, 2.24) is 5.32 Å². The van der Waals surface area contributed by atoms with E-state index in [-0.39, 0.29) is 0 Å². The summed E-state index contributed by atoms with van der Waals surface area (Å²) in [6, 6.07) is 10.3. The monoisotopic (exact) mass is 261 g/mol. The van der Waals surface area contributed by atoms with Crippen molar-refractivity contribution in [1.29, 1.82) is 0 Å². The fourth-order valence-electron chi connectivity index (χ4n) is 1.92. The SMILES string of the molecule is Cc1ccccc1CNCC(C)(O)c1ccsc1. The summed E-state index contributed by atoms with van der Waals surface area (Å²) in [6.07, 6.45) is 0. The van der Waals surface area contributed by atoms with Gasteiger partial charge in [0.15, 0.2) is 0 Å². The number of benzene rings is 1. The zero-order valence-corrected chi connectivity index (χ0v) is 11.6. The van der Waals surface area contributed by atoms with Crippen LogP contribution in [0.3, 0.4) is 0 Å². The Hall–Kier alpha value is -1.16. The molecule has 0 aliphatic carbocycles. The molecule has 0 saturated heterocycles. The van der Waals surface area contributed by atoms with Gasteiger partial charge in [0.05, 0.1) is 5.60 Å². The lowest BCUT2D eigenvalue weighted by atomic mass is 9.99. The topological polar surface area (TPSA) is 32.3 Å². The highest BCUT2D eigenvalue weighted by Gasteiger charge is 2.22. The standard InChI is InChI=1S/C15H19NOS/c1-12-5-3-4-6-13(12)9-16-11-15(2,17)14-7-8-18-10-14/h3-8,10,16-17H,9,11H2,1-2H3. The van der Waals surface area contributed by atoms with Gasteiger partial charge in [0.25, 0.3) is 0 Å². The molecule has 18 heavy (non-hydrogen) atoms. The summed E-state index contributed by atoms with van der Waals surface area (Å²) in [4.78, 5) is 0. The Bertz CT molecular complexity index is 491. The summed E-state index contributed by atoms with van der Waals surface area (Å²) in [5, 5.41) is 17.7. The summed E-state index contributed by atoms with van der Waals surface area (Å²) in [6.45, 7) is 5.29. The quantitative estimate of drug-likeness (QED) is 0.867. The van der Waals surface area contributed by atoms with E-state index in [1.165, 1.54) is 11.1 Å². The fourth-order valence-corrected chi connectivity index (χ4v) is 2.70. The van der Waals surface area contributed by atoms with Gasteiger partial charge in [0.1, 0.15) is 0 Å². The second kappa shape index (κ2) is 5.65. The summed E-state index contributed by atoms with van der Waals surface area (Å²) in [5.74, 6) is 0. The maximum absolute atomic E-state index is 10.4. The molecule has 1 aromatic carbocycles. The lowest BCUT2D eigenvalue weighted by molar-refractivity contribution is 0.0571. The molecule has 0 aliphatic heterocycles. The molecule has 0 bridgehead atoms. The van der Waals surface area contributed by atoms with Crippen LogP contribution in [0, 0.1) is 6.92 Å². The van der Waals surface area contributed by atoms with E-state index in [2.05, 4.69) is 24.4 Å². The van der Waals surface area contributed by atoms with Crippen LogP contribution in [0.2, 0.25) is 0 Å². The molecule has 2 N–H and O–H groups in total. The summed E-state index contributed by atoms with van der Waals surface area (Å²) < 4.78 is 0. The molecule has 2 rings (SSSR count). The molecular formula is C15H19NOS. The first kappa shape index (κ1) is 13.3. The van der Waals surface area contributed by atoms with Crippen molar-refractivity contribution < 1.29 is 5.11 Å². The van der Waals surface area contributed by atoms with Gasteiger partial charge < -0.3 is 10.4 Å². The minimum Gasteiger partial charge on any atom is -0.384 e. The van der Waals surface area contributed by atoms with Crippen molar-refractivity contribution in [3.05, 3.63) is 57.8 Å². The molecular weight excluding hydrogens is 242 g/mol. The number of thiophene rings is 1. The molecule has 0 amide bonds. The molecule has 1 atom stereocenters. The van der Waals surface area contributed by atoms with E-state index in [1.807, 2.05) is 35.9 Å². The van der Waals surface area contributed by atoms with Crippen LogP contribution in [0.25, 0.3) is 0 Å². The molecule has 0 spiro atoms. The second-order valence-electron chi connectivity index (χ2n) is 4.82. The Morgan fingerprint density at radius 1 is 1.28 bits per heavy atom. The third kappa shape index (κ3) is 3.19. The predicted molar refractivity (Wildman–Crippen MR) is 76.8 cm³/mol. The maximum atomic E-state index is 10.4. The van der Waals surface area contributed by atoms with Gasteiger partial charge in [-0.05, 0) is 47.4 Å². The third-order valence-electron chi connectivity index (χ3n) is 3.19. The number of aryl methyl sites for hydroxylation is 1. The second-order valence-corrected chi connectivity index (χ2v) is 5.60. The minimum absolute atomic E-state index is 0.554. The lowest BCUT2D eigenvalue weighted by Gasteiger charge is -2.23. The molecule has 96 valence electrons. The summed E-state index contributed by atoms with van der Waals surface area (Å²) in [5.41, 5.74) is 2.73. The van der Waals surface area contributed by atoms with Crippen molar-refractivity contribution >= 4 is 11.3 Å². The van der Waals surface area contributed by atoms with E-state index < -0.39 is 5.60 Å². The zero-order chi connectivity index (χ0) is 13.0. The van der Waals surface area contributed by atoms with E-state index in [4.69, 9.17) is 0 Å². The van der Waals surface area contributed by atoms with Crippen LogP contribution in [-0.4, -0.2) is 11.7 Å². The van der Waals surface area contributed by atoms with Crippen molar-refractivity contribution in [3.63, 3.8) is 0 Å². The number of hydrogen-bond acceptors (Lipinski definition) is 3. The van der Waals surface area contributed by atoms with Crippen molar-refractivity contribution in [2.45, 2.75) is 26.0 Å². The van der Waals surface area contributed by atoms with Crippen LogP contribution >= 0.6 is 11.3 Å². The normalized spacial score (nSPS) is 14.4. The Labute approximate surface area is 112 Å². The minimum atomic E-state index is -0.803. The molecule has 1 aromatic heterocycles. The zero-order valence-electron chi connectivity index (χ0n) is 10.8. The molecule has 0 aliphatic rings. The van der Waals surface area contributed by atoms with Crippen molar-refractivity contribution in [2.24, 2.45) is 0 Å². The number of rotatable bonds is 5. The van der Waals surface area contributed by atoms with Crippen LogP contribution in [0.15, 0.2) is 41.1 Å². The van der Waals surface area contributed by atoms with E-state index >= 15 is 0 Å². The fraction of sp³-hybridized carbons (Fsp3) is 0.333. The van der Waals surface area contributed by atoms with Crippen LogP contribution in [0.4, 0.5) is 0 Å². The average molecular weight is 261 g/mol. The van der Waals surface area contributed by atoms with Gasteiger partial charge in [-0.3, -0.25) is 0 Å². The first-order valence-electron chi connectivity index (χ1n) is 6.10. The number of hydrogen-bond donors (Lipinski definition) is 2. The van der Waals surface area contributed by atoms with Crippen LogP contribution < -0.4 is 5.32 Å². The molecule has 1 unspecified atom stereocenters. The predicted octanol–water partition coefficient (Wildman–Crippen LogP) is 3.05. The van der Waals surface area contributed by atoms with Crippen LogP contribution in [0.5, 0.6) is 0 Å². The Morgan fingerprint density at radius 3 is 2.72 bits per heavy atom. The van der Waals surface area contributed by atoms with Gasteiger partial charge in [-0.25, -0.2) is 0 Å². The lowest BCUT2D eigenvalue weighted by Crippen LogP contribution is -2.34. The van der Waals surface area contributed by atoms with E-state index in [1.54, 1.807) is 11.3 Å². The summed E-state index contributed by atoms with van der Waals surface area (Å²) >= 11 is 1.61. The Balaban J connectivity index is 1.91. The number of aliphatic hydroxyl groups is 1. The first-order valence-corrected chi connectivity index (χ1v) is 7.04. The van der Waals surface area contributed by atoms with E-state index in [0.29, 0.717) is 6.54 Å². The van der Waals surface area contributed by atoms with Gasteiger partial charge in [-0.1, -0.05) is 24.3 Å². The molecule has 0 saturated carbocycles. The highest BCUT2D eigenvalue weighted by atomic mass is 32.1. The maximum Gasteiger partial charge on any atom is 0.1000 e. The smallest absolute Gasteiger partial charge is 0.1000 e. The average Bonchev–Trinajstić information content (AvgIpc) is 2.86. The van der Waals surface area contributed by atoms with Crippen molar-refractivity contribution in [3.8, 4) is 0 Å². The number of nitrogens with one attached hydrogen (secondary N) is 1. The Kier molecular flexibility index (Phi) is 4.17. The molecule has 1 heterocycles. The third-order valence-corrected chi connectivity index (χ3v) is 3.87. The van der Waals surface area contributed by atoms with Crippen LogP contribution in [0.1, 0.15) is 23.6 Å². The highest BCUT2D eigenvalue weighted by molar-refractivity contribution is 7.08. The molecule has 2 nitrogen and oxygen atoms in total. The van der Waals surface area contributed by atoms with Gasteiger partial charge in [-0.2, -0.15) is 11.3 Å². The summed E-state index contributed by atoms with van der Waals surface area (Å²) in [7, 11) is 0. The highest BCUT2D eigenvalue weighted by Crippen LogP contribution is 2.22. The van der Waals surface area contributed by atoms with E-state index in [9.17, 15) is 5.11 Å². The molecule has 3 heteroatoms. The van der Waals surface area contributed by atoms with Crippen LogP contribution in [-0.2, 0) is 12.1 Å². The largest absolute Gasteiger partial charge is 0.384 e. The Morgan fingerprint density at radius 2 is 2.06 bits per heavy atom. The molecule has 2 aromatic rings. The first-order chi connectivity index (χ1) is 8.59. The van der Waals surface area contributed by atoms with Crippen molar-refractivity contribution in [2.75, 3.05) is 6.54 Å². The molecule has 0 fully saturated rings. The van der Waals surface area contributed by atoms with Gasteiger partial charge in [-0.15, -0.1) is 0 Å². The molecule has 0 radical (unpaired) electrons. The van der Waals surface area contributed by atoms with Gasteiger partial charge in [0.2, 0.25) is 0 Å². The van der Waals surface area contributed by atoms with Gasteiger partial charge in [0, 0.05) is 13.1 Å². The van der Waals surface area contributed by atoms with Gasteiger partial charge >= 0.3 is 0 Å². The van der Waals surface area contributed by atoms with E-state index in [0.717, 1.165) is 12.1 Å².